The summed E-state index contributed by atoms with van der Waals surface area (Å²) < 4.78 is 0. The Kier molecular flexibility index (Phi) is 5.08. The lowest BCUT2D eigenvalue weighted by Gasteiger charge is -2.19. The Balaban J connectivity index is 2.59. The van der Waals surface area contributed by atoms with Gasteiger partial charge in [-0.25, -0.2) is 9.78 Å². The van der Waals surface area contributed by atoms with Crippen LogP contribution in [-0.2, 0) is 4.79 Å². The molecule has 6 nitrogen and oxygen atoms in total. The van der Waals surface area contributed by atoms with Crippen molar-refractivity contribution >= 4 is 28.5 Å². The average Bonchev–Trinajstić information content (AvgIpc) is 2.58. The lowest BCUT2D eigenvalue weighted by atomic mass is 10.4. The van der Waals surface area contributed by atoms with Crippen molar-refractivity contribution in [1.29, 1.82) is 0 Å². The van der Waals surface area contributed by atoms with Gasteiger partial charge in [0.15, 0.2) is 5.13 Å². The molecule has 0 unspecified atom stereocenters. The molecule has 0 spiro atoms. The second kappa shape index (κ2) is 6.34. The van der Waals surface area contributed by atoms with Crippen molar-refractivity contribution in [2.75, 3.05) is 18.4 Å². The molecule has 0 atom stereocenters. The third kappa shape index (κ3) is 3.99. The standard InChI is InChI=1S/C11H17N3O3S/c1-4-14(6-5-9(15)16)11(17)13-10-12-7(2)8(3)18-10/h4-6H2,1-3H3,(H,15,16)(H,12,13,17). The molecule has 0 aliphatic rings. The van der Waals surface area contributed by atoms with Crippen molar-refractivity contribution < 1.29 is 14.7 Å². The molecule has 1 aromatic heterocycles. The van der Waals surface area contributed by atoms with E-state index in [4.69, 9.17) is 5.11 Å². The number of hydrogen-bond acceptors (Lipinski definition) is 4. The fraction of sp³-hybridized carbons (Fsp3) is 0.545. The van der Waals surface area contributed by atoms with E-state index in [9.17, 15) is 9.59 Å². The first-order chi connectivity index (χ1) is 8.43. The Labute approximate surface area is 110 Å². The average molecular weight is 271 g/mol. The van der Waals surface area contributed by atoms with Gasteiger partial charge in [-0.3, -0.25) is 10.1 Å². The van der Waals surface area contributed by atoms with Gasteiger partial charge in [0.1, 0.15) is 0 Å². The number of thiazole rings is 1. The number of hydrogen-bond donors (Lipinski definition) is 2. The van der Waals surface area contributed by atoms with E-state index in [1.165, 1.54) is 16.2 Å². The van der Waals surface area contributed by atoms with Crippen molar-refractivity contribution in [2.24, 2.45) is 0 Å². The molecule has 0 aliphatic heterocycles. The predicted molar refractivity (Wildman–Crippen MR) is 70.1 cm³/mol. The van der Waals surface area contributed by atoms with Gasteiger partial charge in [-0.2, -0.15) is 0 Å². The first kappa shape index (κ1) is 14.4. The predicted octanol–water partition coefficient (Wildman–Crippen LogP) is 2.09. The molecule has 0 bridgehead atoms. The van der Waals surface area contributed by atoms with E-state index >= 15 is 0 Å². The second-order valence-electron chi connectivity index (χ2n) is 3.81. The first-order valence-corrected chi connectivity index (χ1v) is 6.47. The molecule has 7 heteroatoms. The highest BCUT2D eigenvalue weighted by Gasteiger charge is 2.15. The molecule has 0 aromatic carbocycles. The number of nitrogens with zero attached hydrogens (tertiary/aromatic N) is 2. The minimum Gasteiger partial charge on any atom is -0.481 e. The Morgan fingerprint density at radius 2 is 2.11 bits per heavy atom. The monoisotopic (exact) mass is 271 g/mol. The van der Waals surface area contributed by atoms with Crippen LogP contribution in [0.1, 0.15) is 23.9 Å². The Morgan fingerprint density at radius 1 is 1.44 bits per heavy atom. The van der Waals surface area contributed by atoms with Crippen LogP contribution in [0.3, 0.4) is 0 Å². The molecule has 0 aliphatic carbocycles. The summed E-state index contributed by atoms with van der Waals surface area (Å²) in [5.74, 6) is -0.915. The van der Waals surface area contributed by atoms with E-state index in [1.54, 1.807) is 6.92 Å². The van der Waals surface area contributed by atoms with E-state index in [1.807, 2.05) is 13.8 Å². The number of anilines is 1. The minimum atomic E-state index is -0.915. The molecule has 2 amide bonds. The smallest absolute Gasteiger partial charge is 0.323 e. The van der Waals surface area contributed by atoms with E-state index in [0.29, 0.717) is 11.7 Å². The summed E-state index contributed by atoms with van der Waals surface area (Å²) in [4.78, 5) is 29.1. The Bertz CT molecular complexity index is 425. The van der Waals surface area contributed by atoms with Gasteiger partial charge < -0.3 is 10.0 Å². The molecule has 18 heavy (non-hydrogen) atoms. The fourth-order valence-corrected chi connectivity index (χ4v) is 2.13. The topological polar surface area (TPSA) is 82.5 Å². The maximum absolute atomic E-state index is 11.9. The largest absolute Gasteiger partial charge is 0.481 e. The lowest BCUT2D eigenvalue weighted by molar-refractivity contribution is -0.137. The van der Waals surface area contributed by atoms with Gasteiger partial charge in [0, 0.05) is 18.0 Å². The van der Waals surface area contributed by atoms with Crippen LogP contribution in [0.5, 0.6) is 0 Å². The van der Waals surface area contributed by atoms with Gasteiger partial charge in [0.25, 0.3) is 0 Å². The summed E-state index contributed by atoms with van der Waals surface area (Å²) in [5, 5.41) is 11.8. The third-order valence-corrected chi connectivity index (χ3v) is 3.50. The molecule has 0 fully saturated rings. The highest BCUT2D eigenvalue weighted by molar-refractivity contribution is 7.15. The van der Waals surface area contributed by atoms with Crippen molar-refractivity contribution in [3.63, 3.8) is 0 Å². The Hall–Kier alpha value is -1.63. The van der Waals surface area contributed by atoms with Crippen molar-refractivity contribution in [3.8, 4) is 0 Å². The minimum absolute atomic E-state index is 0.0583. The van der Waals surface area contributed by atoms with Crippen LogP contribution in [-0.4, -0.2) is 40.1 Å². The number of urea groups is 1. The summed E-state index contributed by atoms with van der Waals surface area (Å²) in [6.45, 7) is 6.28. The van der Waals surface area contributed by atoms with Gasteiger partial charge >= 0.3 is 12.0 Å². The van der Waals surface area contributed by atoms with Crippen LogP contribution in [0.2, 0.25) is 0 Å². The molecule has 0 saturated carbocycles. The highest BCUT2D eigenvalue weighted by atomic mass is 32.1. The van der Waals surface area contributed by atoms with Crippen molar-refractivity contribution in [3.05, 3.63) is 10.6 Å². The van der Waals surface area contributed by atoms with Crippen LogP contribution >= 0.6 is 11.3 Å². The van der Waals surface area contributed by atoms with Crippen LogP contribution in [0.4, 0.5) is 9.93 Å². The van der Waals surface area contributed by atoms with Crippen molar-refractivity contribution in [2.45, 2.75) is 27.2 Å². The molecular weight excluding hydrogens is 254 g/mol. The van der Waals surface area contributed by atoms with E-state index in [0.717, 1.165) is 10.6 Å². The summed E-state index contributed by atoms with van der Waals surface area (Å²) in [7, 11) is 0. The molecule has 100 valence electrons. The SMILES string of the molecule is CCN(CCC(=O)O)C(=O)Nc1nc(C)c(C)s1. The number of amides is 2. The summed E-state index contributed by atoms with van der Waals surface area (Å²) in [6, 6.07) is -0.312. The number of carbonyl (C=O) groups excluding carboxylic acids is 1. The molecule has 1 heterocycles. The summed E-state index contributed by atoms with van der Waals surface area (Å²) >= 11 is 1.41. The zero-order valence-corrected chi connectivity index (χ0v) is 11.5. The van der Waals surface area contributed by atoms with Crippen molar-refractivity contribution in [1.82, 2.24) is 9.88 Å². The summed E-state index contributed by atoms with van der Waals surface area (Å²) in [6.07, 6.45) is -0.0583. The zero-order chi connectivity index (χ0) is 13.7. The number of nitrogens with one attached hydrogen (secondary N) is 1. The number of carboxylic acids is 1. The quantitative estimate of drug-likeness (QED) is 0.859. The number of aliphatic carboxylic acids is 1. The number of rotatable bonds is 5. The number of carbonyl (C=O) groups is 2. The van der Waals surface area contributed by atoms with E-state index < -0.39 is 5.97 Å². The Morgan fingerprint density at radius 3 is 2.56 bits per heavy atom. The van der Waals surface area contributed by atoms with Gasteiger partial charge in [-0.15, -0.1) is 11.3 Å². The molecule has 0 radical (unpaired) electrons. The fourth-order valence-electron chi connectivity index (χ4n) is 1.33. The highest BCUT2D eigenvalue weighted by Crippen LogP contribution is 2.21. The number of aryl methyl sites for hydroxylation is 2. The molecule has 2 N–H and O–H groups in total. The zero-order valence-electron chi connectivity index (χ0n) is 10.7. The molecular formula is C11H17N3O3S. The molecule has 1 rings (SSSR count). The maximum Gasteiger partial charge on any atom is 0.323 e. The van der Waals surface area contributed by atoms with Crippen LogP contribution in [0.25, 0.3) is 0 Å². The molecule has 0 saturated heterocycles. The van der Waals surface area contributed by atoms with E-state index in [2.05, 4.69) is 10.3 Å². The third-order valence-electron chi connectivity index (χ3n) is 2.51. The first-order valence-electron chi connectivity index (χ1n) is 5.65. The van der Waals surface area contributed by atoms with Crippen LogP contribution in [0.15, 0.2) is 0 Å². The summed E-state index contributed by atoms with van der Waals surface area (Å²) in [5.41, 5.74) is 0.892. The van der Waals surface area contributed by atoms with Gasteiger partial charge in [-0.05, 0) is 20.8 Å². The maximum atomic E-state index is 11.9. The van der Waals surface area contributed by atoms with Gasteiger partial charge in [-0.1, -0.05) is 0 Å². The molecule has 1 aromatic rings. The number of aromatic nitrogens is 1. The number of carboxylic acid groups (broad SMARTS) is 1. The van der Waals surface area contributed by atoms with Gasteiger partial charge in [0.2, 0.25) is 0 Å². The van der Waals surface area contributed by atoms with Gasteiger partial charge in [0.05, 0.1) is 12.1 Å². The lowest BCUT2D eigenvalue weighted by Crippen LogP contribution is -2.36. The van der Waals surface area contributed by atoms with Crippen LogP contribution < -0.4 is 5.32 Å². The second-order valence-corrected chi connectivity index (χ2v) is 5.02. The van der Waals surface area contributed by atoms with E-state index in [-0.39, 0.29) is 19.0 Å². The normalized spacial score (nSPS) is 10.2. The van der Waals surface area contributed by atoms with Crippen LogP contribution in [0, 0.1) is 13.8 Å².